The van der Waals surface area contributed by atoms with E-state index in [9.17, 15) is 0 Å². The number of nitrogens with zero attached hydrogens (tertiary/aromatic N) is 3. The summed E-state index contributed by atoms with van der Waals surface area (Å²) in [6, 6.07) is 2.18. The van der Waals surface area contributed by atoms with E-state index in [1.165, 1.54) is 5.69 Å². The molecule has 3 N–H and O–H groups in total. The topological polar surface area (TPSA) is 76.4 Å². The molecule has 1 aliphatic rings. The molecule has 0 amide bonds. The van der Waals surface area contributed by atoms with Gasteiger partial charge in [-0.15, -0.1) is 0 Å². The van der Waals surface area contributed by atoms with Crippen LogP contribution < -0.4 is 5.73 Å². The highest BCUT2D eigenvalue weighted by Gasteiger charge is 2.44. The summed E-state index contributed by atoms with van der Waals surface area (Å²) in [6.45, 7) is 5.15. The molecular formula is C13H22N4O. The Labute approximate surface area is 108 Å². The fourth-order valence-corrected chi connectivity index (χ4v) is 2.41. The molecule has 0 bridgehead atoms. The number of hydrogen-bond donors (Lipinski definition) is 2. The second-order valence-corrected chi connectivity index (χ2v) is 5.26. The molecule has 1 fully saturated rings. The molecule has 5 nitrogen and oxygen atoms in total. The molecule has 1 saturated carbocycles. The normalized spacial score (nSPS) is 18.0. The van der Waals surface area contributed by atoms with E-state index in [1.54, 1.807) is 0 Å². The van der Waals surface area contributed by atoms with E-state index in [2.05, 4.69) is 34.9 Å². The SMILES string of the molecule is CCc1cc(CC)n(CC2(C/C(N)=N/O)CC2)n1. The molecule has 1 aromatic heterocycles. The lowest BCUT2D eigenvalue weighted by molar-refractivity contribution is 0.312. The lowest BCUT2D eigenvalue weighted by atomic mass is 10.0. The Kier molecular flexibility index (Phi) is 3.59. The van der Waals surface area contributed by atoms with Crippen LogP contribution >= 0.6 is 0 Å². The Hall–Kier alpha value is -1.52. The molecular weight excluding hydrogens is 228 g/mol. The Morgan fingerprint density at radius 1 is 1.50 bits per heavy atom. The van der Waals surface area contributed by atoms with Gasteiger partial charge in [-0.1, -0.05) is 19.0 Å². The second kappa shape index (κ2) is 5.00. The third-order valence-electron chi connectivity index (χ3n) is 3.77. The molecule has 0 radical (unpaired) electrons. The number of nitrogens with two attached hydrogens (primary N) is 1. The molecule has 0 spiro atoms. The van der Waals surface area contributed by atoms with Crippen LogP contribution in [0.5, 0.6) is 0 Å². The van der Waals surface area contributed by atoms with Gasteiger partial charge in [-0.2, -0.15) is 5.10 Å². The summed E-state index contributed by atoms with van der Waals surface area (Å²) in [5.74, 6) is 0.327. The number of hydrogen-bond acceptors (Lipinski definition) is 3. The first-order valence-corrected chi connectivity index (χ1v) is 6.64. The van der Waals surface area contributed by atoms with Crippen LogP contribution in [0.1, 0.15) is 44.5 Å². The van der Waals surface area contributed by atoms with Crippen LogP contribution in [0.2, 0.25) is 0 Å². The van der Waals surface area contributed by atoms with Gasteiger partial charge in [-0.05, 0) is 37.2 Å². The van der Waals surface area contributed by atoms with E-state index >= 15 is 0 Å². The summed E-state index contributed by atoms with van der Waals surface area (Å²) in [5, 5.41) is 16.4. The van der Waals surface area contributed by atoms with E-state index in [4.69, 9.17) is 10.9 Å². The lowest BCUT2D eigenvalue weighted by Gasteiger charge is -2.15. The summed E-state index contributed by atoms with van der Waals surface area (Å²) < 4.78 is 2.11. The molecule has 2 rings (SSSR count). The fraction of sp³-hybridized carbons (Fsp3) is 0.692. The van der Waals surface area contributed by atoms with E-state index in [0.29, 0.717) is 12.3 Å². The van der Waals surface area contributed by atoms with Crippen LogP contribution in [0.3, 0.4) is 0 Å². The Balaban J connectivity index is 2.11. The van der Waals surface area contributed by atoms with Crippen molar-refractivity contribution < 1.29 is 5.21 Å². The minimum atomic E-state index is 0.164. The van der Waals surface area contributed by atoms with Crippen molar-refractivity contribution in [3.8, 4) is 0 Å². The zero-order valence-corrected chi connectivity index (χ0v) is 11.2. The predicted molar refractivity (Wildman–Crippen MR) is 70.7 cm³/mol. The van der Waals surface area contributed by atoms with Crippen LogP contribution in [0.25, 0.3) is 0 Å². The van der Waals surface area contributed by atoms with Gasteiger partial charge in [-0.3, -0.25) is 4.68 Å². The molecule has 0 aromatic carbocycles. The number of oxime groups is 1. The fourth-order valence-electron chi connectivity index (χ4n) is 2.41. The Morgan fingerprint density at radius 2 is 2.22 bits per heavy atom. The molecule has 0 atom stereocenters. The monoisotopic (exact) mass is 250 g/mol. The largest absolute Gasteiger partial charge is 0.409 e. The van der Waals surface area contributed by atoms with Crippen molar-refractivity contribution in [2.45, 2.75) is 52.5 Å². The molecule has 1 aromatic rings. The quantitative estimate of drug-likeness (QED) is 0.350. The summed E-state index contributed by atoms with van der Waals surface area (Å²) in [6.07, 6.45) is 4.88. The smallest absolute Gasteiger partial charge is 0.139 e. The van der Waals surface area contributed by atoms with Crippen molar-refractivity contribution in [3.05, 3.63) is 17.5 Å². The summed E-state index contributed by atoms with van der Waals surface area (Å²) in [7, 11) is 0. The first kappa shape index (κ1) is 12.9. The van der Waals surface area contributed by atoms with E-state index < -0.39 is 0 Å². The van der Waals surface area contributed by atoms with Crippen molar-refractivity contribution in [1.82, 2.24) is 9.78 Å². The molecule has 5 heteroatoms. The first-order chi connectivity index (χ1) is 8.62. The summed E-state index contributed by atoms with van der Waals surface area (Å²) in [4.78, 5) is 0. The zero-order valence-electron chi connectivity index (χ0n) is 11.2. The van der Waals surface area contributed by atoms with Gasteiger partial charge in [0.1, 0.15) is 5.84 Å². The zero-order chi connectivity index (χ0) is 13.2. The maximum Gasteiger partial charge on any atom is 0.139 e. The standard InChI is InChI=1S/C13H22N4O/c1-3-10-7-11(4-2)17(15-10)9-13(5-6-13)8-12(14)16-18/h7,18H,3-6,8-9H2,1-2H3,(H2,14,16). The number of rotatable bonds is 6. The average Bonchev–Trinajstić information content (AvgIpc) is 3.00. The minimum Gasteiger partial charge on any atom is -0.409 e. The Bertz CT molecular complexity index is 446. The summed E-state index contributed by atoms with van der Waals surface area (Å²) in [5.41, 5.74) is 8.21. The van der Waals surface area contributed by atoms with E-state index in [1.807, 2.05) is 0 Å². The van der Waals surface area contributed by atoms with Crippen LogP contribution in [0, 0.1) is 5.41 Å². The minimum absolute atomic E-state index is 0.164. The highest BCUT2D eigenvalue weighted by Crippen LogP contribution is 2.50. The van der Waals surface area contributed by atoms with E-state index in [0.717, 1.165) is 37.9 Å². The van der Waals surface area contributed by atoms with Crippen molar-refractivity contribution in [2.75, 3.05) is 0 Å². The maximum atomic E-state index is 8.68. The van der Waals surface area contributed by atoms with Crippen molar-refractivity contribution in [3.63, 3.8) is 0 Å². The number of amidine groups is 1. The average molecular weight is 250 g/mol. The van der Waals surface area contributed by atoms with Gasteiger partial charge in [0.2, 0.25) is 0 Å². The van der Waals surface area contributed by atoms with Gasteiger partial charge in [0, 0.05) is 18.7 Å². The predicted octanol–water partition coefficient (Wildman–Crippen LogP) is 1.92. The van der Waals surface area contributed by atoms with Crippen molar-refractivity contribution in [1.29, 1.82) is 0 Å². The molecule has 1 aliphatic carbocycles. The molecule has 0 saturated heterocycles. The van der Waals surface area contributed by atoms with Crippen LogP contribution in [-0.4, -0.2) is 20.8 Å². The van der Waals surface area contributed by atoms with Gasteiger partial charge >= 0.3 is 0 Å². The third kappa shape index (κ3) is 2.66. The molecule has 0 aliphatic heterocycles. The van der Waals surface area contributed by atoms with Crippen molar-refractivity contribution in [2.24, 2.45) is 16.3 Å². The Morgan fingerprint density at radius 3 is 2.72 bits per heavy atom. The molecule has 100 valence electrons. The van der Waals surface area contributed by atoms with Crippen LogP contribution in [-0.2, 0) is 19.4 Å². The van der Waals surface area contributed by atoms with Crippen molar-refractivity contribution >= 4 is 5.84 Å². The lowest BCUT2D eigenvalue weighted by Crippen LogP contribution is -2.23. The van der Waals surface area contributed by atoms with Gasteiger partial charge in [0.15, 0.2) is 0 Å². The summed E-state index contributed by atoms with van der Waals surface area (Å²) >= 11 is 0. The van der Waals surface area contributed by atoms with Gasteiger partial charge in [0.05, 0.1) is 5.69 Å². The van der Waals surface area contributed by atoms with E-state index in [-0.39, 0.29) is 5.41 Å². The van der Waals surface area contributed by atoms with Crippen LogP contribution in [0.15, 0.2) is 11.2 Å². The first-order valence-electron chi connectivity index (χ1n) is 6.64. The highest BCUT2D eigenvalue weighted by molar-refractivity contribution is 5.80. The number of aryl methyl sites for hydroxylation is 2. The maximum absolute atomic E-state index is 8.68. The third-order valence-corrected chi connectivity index (χ3v) is 3.77. The highest BCUT2D eigenvalue weighted by atomic mass is 16.4. The molecule has 18 heavy (non-hydrogen) atoms. The van der Waals surface area contributed by atoms with Crippen LogP contribution in [0.4, 0.5) is 0 Å². The van der Waals surface area contributed by atoms with Gasteiger partial charge < -0.3 is 10.9 Å². The second-order valence-electron chi connectivity index (χ2n) is 5.26. The van der Waals surface area contributed by atoms with Gasteiger partial charge in [0.25, 0.3) is 0 Å². The van der Waals surface area contributed by atoms with Gasteiger partial charge in [-0.25, -0.2) is 0 Å². The number of aromatic nitrogens is 2. The molecule has 1 heterocycles. The molecule has 0 unspecified atom stereocenters.